The topological polar surface area (TPSA) is 62.3 Å². The Morgan fingerprint density at radius 2 is 2.17 bits per heavy atom. The number of thiazole rings is 1. The number of amides is 2. The summed E-state index contributed by atoms with van der Waals surface area (Å²) in [5.74, 6) is 0.984. The van der Waals surface area contributed by atoms with Crippen LogP contribution >= 0.6 is 11.3 Å². The Balaban J connectivity index is 1.47. The van der Waals surface area contributed by atoms with Crippen molar-refractivity contribution in [3.05, 3.63) is 16.1 Å². The molecule has 5 nitrogen and oxygen atoms in total. The molecule has 2 heterocycles. The Hall–Kier alpha value is -1.43. The van der Waals surface area contributed by atoms with Crippen LogP contribution in [0, 0.1) is 5.92 Å². The van der Waals surface area contributed by atoms with Gasteiger partial charge in [-0.15, -0.1) is 11.3 Å². The van der Waals surface area contributed by atoms with E-state index in [1.54, 1.807) is 18.3 Å². The van der Waals surface area contributed by atoms with E-state index >= 15 is 0 Å². The number of carbonyl (C=O) groups is 2. The average Bonchev–Trinajstić information content (AvgIpc) is 2.94. The van der Waals surface area contributed by atoms with Gasteiger partial charge in [0.1, 0.15) is 0 Å². The van der Waals surface area contributed by atoms with E-state index in [9.17, 15) is 9.59 Å². The maximum Gasteiger partial charge on any atom is 0.223 e. The lowest BCUT2D eigenvalue weighted by atomic mass is 9.85. The van der Waals surface area contributed by atoms with Gasteiger partial charge in [0.2, 0.25) is 11.8 Å². The molecule has 1 saturated heterocycles. The van der Waals surface area contributed by atoms with E-state index in [4.69, 9.17) is 4.98 Å². The Bertz CT molecular complexity index is 568. The largest absolute Gasteiger partial charge is 0.355 e. The van der Waals surface area contributed by atoms with E-state index < -0.39 is 0 Å². The number of hydrogen-bond donors (Lipinski definition) is 1. The number of aromatic nitrogens is 1. The number of piperidine rings is 1. The zero-order chi connectivity index (χ0) is 16.2. The van der Waals surface area contributed by atoms with Gasteiger partial charge in [-0.1, -0.05) is 6.42 Å². The molecule has 0 aromatic carbocycles. The van der Waals surface area contributed by atoms with E-state index in [2.05, 4.69) is 10.7 Å². The van der Waals surface area contributed by atoms with Gasteiger partial charge in [0.05, 0.1) is 10.7 Å². The number of likely N-dealkylation sites (tertiary alicyclic amines) is 1. The summed E-state index contributed by atoms with van der Waals surface area (Å²) < 4.78 is 0. The van der Waals surface area contributed by atoms with Crippen molar-refractivity contribution in [3.8, 4) is 0 Å². The summed E-state index contributed by atoms with van der Waals surface area (Å²) in [5.41, 5.74) is 1.05. The van der Waals surface area contributed by atoms with Gasteiger partial charge in [0.15, 0.2) is 0 Å². The molecule has 1 atom stereocenters. The van der Waals surface area contributed by atoms with Gasteiger partial charge >= 0.3 is 0 Å². The highest BCUT2D eigenvalue weighted by atomic mass is 32.1. The fraction of sp³-hybridized carbons (Fsp3) is 0.706. The molecular weight excluding hydrogens is 310 g/mol. The van der Waals surface area contributed by atoms with Crippen molar-refractivity contribution in [2.24, 2.45) is 5.92 Å². The molecule has 1 aromatic rings. The van der Waals surface area contributed by atoms with Crippen LogP contribution in [0.15, 0.2) is 5.38 Å². The molecule has 23 heavy (non-hydrogen) atoms. The summed E-state index contributed by atoms with van der Waals surface area (Å²) in [6.45, 7) is 3.97. The van der Waals surface area contributed by atoms with Crippen LogP contribution in [0.1, 0.15) is 55.6 Å². The molecule has 2 aliphatic rings. The molecule has 1 aliphatic heterocycles. The minimum atomic E-state index is 0.158. The van der Waals surface area contributed by atoms with Crippen LogP contribution in [0.4, 0.5) is 0 Å². The first-order valence-corrected chi connectivity index (χ1v) is 9.49. The SMILES string of the molecule is CC(=O)N1CCCC(c2nc(CCNC(=O)C3CCC3)cs2)C1. The van der Waals surface area contributed by atoms with Crippen LogP contribution in [0.5, 0.6) is 0 Å². The summed E-state index contributed by atoms with van der Waals surface area (Å²) in [7, 11) is 0. The molecule has 126 valence electrons. The van der Waals surface area contributed by atoms with Gasteiger partial charge < -0.3 is 10.2 Å². The molecule has 0 spiro atoms. The molecule has 1 N–H and O–H groups in total. The Kier molecular flexibility index (Phi) is 5.30. The molecule has 1 unspecified atom stereocenters. The number of nitrogens with one attached hydrogen (secondary N) is 1. The molecule has 1 aliphatic carbocycles. The first kappa shape index (κ1) is 16.4. The highest BCUT2D eigenvalue weighted by molar-refractivity contribution is 7.09. The van der Waals surface area contributed by atoms with Crippen LogP contribution in [0.3, 0.4) is 0 Å². The van der Waals surface area contributed by atoms with Gasteiger partial charge in [-0.2, -0.15) is 0 Å². The van der Waals surface area contributed by atoms with Crippen molar-refractivity contribution in [2.75, 3.05) is 19.6 Å². The highest BCUT2D eigenvalue weighted by Crippen LogP contribution is 2.29. The van der Waals surface area contributed by atoms with Gasteiger partial charge in [0, 0.05) is 50.2 Å². The molecule has 6 heteroatoms. The predicted molar refractivity (Wildman–Crippen MR) is 90.4 cm³/mol. The third-order valence-corrected chi connectivity index (χ3v) is 6.00. The lowest BCUT2D eigenvalue weighted by Crippen LogP contribution is -2.37. The summed E-state index contributed by atoms with van der Waals surface area (Å²) in [4.78, 5) is 30.0. The molecule has 1 aromatic heterocycles. The van der Waals surface area contributed by atoms with Gasteiger partial charge in [-0.05, 0) is 25.7 Å². The van der Waals surface area contributed by atoms with E-state index in [0.29, 0.717) is 12.5 Å². The Labute approximate surface area is 141 Å². The van der Waals surface area contributed by atoms with Gasteiger partial charge in [0.25, 0.3) is 0 Å². The van der Waals surface area contributed by atoms with Crippen LogP contribution in [0.2, 0.25) is 0 Å². The van der Waals surface area contributed by atoms with Crippen LogP contribution in [-0.2, 0) is 16.0 Å². The van der Waals surface area contributed by atoms with Crippen molar-refractivity contribution in [2.45, 2.75) is 51.4 Å². The maximum atomic E-state index is 11.8. The molecule has 0 radical (unpaired) electrons. The lowest BCUT2D eigenvalue weighted by Gasteiger charge is -2.30. The van der Waals surface area contributed by atoms with Crippen molar-refractivity contribution < 1.29 is 9.59 Å². The monoisotopic (exact) mass is 335 g/mol. The first-order chi connectivity index (χ1) is 11.1. The van der Waals surface area contributed by atoms with Crippen molar-refractivity contribution >= 4 is 23.2 Å². The summed E-state index contributed by atoms with van der Waals surface area (Å²) in [5, 5.41) is 6.25. The minimum absolute atomic E-state index is 0.158. The minimum Gasteiger partial charge on any atom is -0.355 e. The fourth-order valence-corrected chi connectivity index (χ4v) is 4.20. The number of rotatable bonds is 5. The van der Waals surface area contributed by atoms with E-state index in [-0.39, 0.29) is 17.7 Å². The van der Waals surface area contributed by atoms with Crippen molar-refractivity contribution in [1.82, 2.24) is 15.2 Å². The summed E-state index contributed by atoms with van der Waals surface area (Å²) >= 11 is 1.69. The smallest absolute Gasteiger partial charge is 0.223 e. The normalized spacial score (nSPS) is 21.8. The second kappa shape index (κ2) is 7.43. The van der Waals surface area contributed by atoms with E-state index in [0.717, 1.165) is 55.9 Å². The third kappa shape index (κ3) is 4.10. The van der Waals surface area contributed by atoms with Crippen molar-refractivity contribution in [3.63, 3.8) is 0 Å². The zero-order valence-electron chi connectivity index (χ0n) is 13.7. The number of carbonyl (C=O) groups excluding carboxylic acids is 2. The highest BCUT2D eigenvalue weighted by Gasteiger charge is 2.26. The lowest BCUT2D eigenvalue weighted by molar-refractivity contribution is -0.130. The summed E-state index contributed by atoms with van der Waals surface area (Å²) in [6.07, 6.45) is 6.22. The molecule has 2 amide bonds. The molecular formula is C17H25N3O2S. The van der Waals surface area contributed by atoms with Crippen molar-refractivity contribution in [1.29, 1.82) is 0 Å². The van der Waals surface area contributed by atoms with Crippen LogP contribution in [-0.4, -0.2) is 41.3 Å². The zero-order valence-corrected chi connectivity index (χ0v) is 14.5. The van der Waals surface area contributed by atoms with E-state index in [1.165, 1.54) is 6.42 Å². The number of hydrogen-bond acceptors (Lipinski definition) is 4. The Morgan fingerprint density at radius 3 is 2.87 bits per heavy atom. The first-order valence-electron chi connectivity index (χ1n) is 8.61. The number of nitrogens with zero attached hydrogens (tertiary/aromatic N) is 2. The van der Waals surface area contributed by atoms with Gasteiger partial charge in [-0.25, -0.2) is 4.98 Å². The van der Waals surface area contributed by atoms with Gasteiger partial charge in [-0.3, -0.25) is 9.59 Å². The molecule has 3 rings (SSSR count). The maximum absolute atomic E-state index is 11.8. The standard InChI is InChI=1S/C17H25N3O2S/c1-12(21)20-9-3-6-14(10-20)17-19-15(11-23-17)7-8-18-16(22)13-4-2-5-13/h11,13-14H,2-10H2,1H3,(H,18,22). The van der Waals surface area contributed by atoms with E-state index in [1.807, 2.05) is 4.90 Å². The van der Waals surface area contributed by atoms with Crippen LogP contribution in [0.25, 0.3) is 0 Å². The molecule has 2 fully saturated rings. The third-order valence-electron chi connectivity index (χ3n) is 4.94. The fourth-order valence-electron chi connectivity index (χ4n) is 3.22. The second-order valence-corrected chi connectivity index (χ2v) is 7.54. The molecule has 1 saturated carbocycles. The quantitative estimate of drug-likeness (QED) is 0.898. The second-order valence-electron chi connectivity index (χ2n) is 6.65. The summed E-state index contributed by atoms with van der Waals surface area (Å²) in [6, 6.07) is 0. The molecule has 0 bridgehead atoms. The average molecular weight is 335 g/mol. The van der Waals surface area contributed by atoms with Crippen LogP contribution < -0.4 is 5.32 Å². The predicted octanol–water partition coefficient (Wildman–Crippen LogP) is 2.33. The Morgan fingerprint density at radius 1 is 1.35 bits per heavy atom.